The number of ether oxygens (including phenoxy) is 1. The molecule has 1 aliphatic rings. The lowest BCUT2D eigenvalue weighted by Gasteiger charge is -2.09. The molecular weight excluding hydrogens is 312 g/mol. The maximum atomic E-state index is 12.3. The molecule has 2 aromatic carbocycles. The molecule has 1 aromatic heterocycles. The summed E-state index contributed by atoms with van der Waals surface area (Å²) in [4.78, 5) is 12.3. The minimum Gasteiger partial charge on any atom is -0.497 e. The zero-order valence-electron chi connectivity index (χ0n) is 14.4. The Bertz CT molecular complexity index is 927. The minimum absolute atomic E-state index is 0.0221. The Hall–Kier alpha value is -2.75. The first kappa shape index (κ1) is 15.8. The number of carbonyl (C=O) groups excluding carboxylic acids is 1. The smallest absolute Gasteiger partial charge is 0.240 e. The molecule has 4 rings (SSSR count). The first-order chi connectivity index (χ1) is 12.2. The number of fused-ring (bicyclic) bond motifs is 2. The van der Waals surface area contributed by atoms with Crippen LogP contribution in [0.4, 0.5) is 0 Å². The van der Waals surface area contributed by atoms with E-state index in [0.29, 0.717) is 13.1 Å². The van der Waals surface area contributed by atoms with E-state index < -0.39 is 0 Å². The molecule has 0 saturated heterocycles. The summed E-state index contributed by atoms with van der Waals surface area (Å²) in [5.74, 6) is 0.847. The van der Waals surface area contributed by atoms with Gasteiger partial charge in [0.2, 0.25) is 5.91 Å². The number of nitrogens with zero attached hydrogens (tertiary/aromatic N) is 1. The molecule has 1 amide bonds. The SMILES string of the molecule is COc1ccc2c(ccn2CC(=O)NCc2ccc3c(c2)CCC3)c1. The number of hydrogen-bond acceptors (Lipinski definition) is 2. The number of aromatic nitrogens is 1. The highest BCUT2D eigenvalue weighted by Crippen LogP contribution is 2.23. The van der Waals surface area contributed by atoms with Crippen LogP contribution in [0, 0.1) is 0 Å². The van der Waals surface area contributed by atoms with Gasteiger partial charge in [0.1, 0.15) is 12.3 Å². The van der Waals surface area contributed by atoms with Gasteiger partial charge in [-0.3, -0.25) is 4.79 Å². The zero-order chi connectivity index (χ0) is 17.2. The summed E-state index contributed by atoms with van der Waals surface area (Å²) in [6.07, 6.45) is 5.54. The number of benzene rings is 2. The van der Waals surface area contributed by atoms with Gasteiger partial charge in [0.05, 0.1) is 7.11 Å². The van der Waals surface area contributed by atoms with E-state index in [1.54, 1.807) is 7.11 Å². The van der Waals surface area contributed by atoms with Gasteiger partial charge >= 0.3 is 0 Å². The average Bonchev–Trinajstić information content (AvgIpc) is 3.26. The van der Waals surface area contributed by atoms with Crippen LogP contribution in [-0.4, -0.2) is 17.6 Å². The lowest BCUT2D eigenvalue weighted by atomic mass is 10.1. The molecule has 0 atom stereocenters. The van der Waals surface area contributed by atoms with E-state index in [-0.39, 0.29) is 5.91 Å². The van der Waals surface area contributed by atoms with Gasteiger partial charge in [0.15, 0.2) is 0 Å². The molecule has 3 aromatic rings. The molecule has 128 valence electrons. The molecule has 0 unspecified atom stereocenters. The Morgan fingerprint density at radius 2 is 2.00 bits per heavy atom. The van der Waals surface area contributed by atoms with Crippen molar-refractivity contribution in [2.75, 3.05) is 7.11 Å². The molecule has 1 aliphatic carbocycles. The summed E-state index contributed by atoms with van der Waals surface area (Å²) in [6, 6.07) is 14.5. The van der Waals surface area contributed by atoms with Crippen LogP contribution in [0.2, 0.25) is 0 Å². The predicted octanol–water partition coefficient (Wildman–Crippen LogP) is 3.46. The molecule has 0 spiro atoms. The highest BCUT2D eigenvalue weighted by Gasteiger charge is 2.11. The summed E-state index contributed by atoms with van der Waals surface area (Å²) < 4.78 is 7.21. The Kier molecular flexibility index (Phi) is 4.18. The molecule has 1 N–H and O–H groups in total. The average molecular weight is 334 g/mol. The van der Waals surface area contributed by atoms with Crippen molar-refractivity contribution in [1.29, 1.82) is 0 Å². The number of hydrogen-bond donors (Lipinski definition) is 1. The summed E-state index contributed by atoms with van der Waals surface area (Å²) in [6.45, 7) is 0.903. The maximum absolute atomic E-state index is 12.3. The summed E-state index contributed by atoms with van der Waals surface area (Å²) in [5.41, 5.74) is 5.12. The standard InChI is InChI=1S/C21H22N2O2/c1-25-19-7-8-20-18(12-19)9-10-23(20)14-21(24)22-13-15-5-6-16-3-2-4-17(16)11-15/h5-12H,2-4,13-14H2,1H3,(H,22,24). The lowest BCUT2D eigenvalue weighted by Crippen LogP contribution is -2.26. The number of methoxy groups -OCH3 is 1. The van der Waals surface area contributed by atoms with Gasteiger partial charge in [0, 0.05) is 23.6 Å². The van der Waals surface area contributed by atoms with Gasteiger partial charge in [-0.2, -0.15) is 0 Å². The van der Waals surface area contributed by atoms with Crippen molar-refractivity contribution < 1.29 is 9.53 Å². The third kappa shape index (κ3) is 3.25. The fourth-order valence-electron chi connectivity index (χ4n) is 3.59. The minimum atomic E-state index is 0.0221. The maximum Gasteiger partial charge on any atom is 0.240 e. The number of carbonyl (C=O) groups is 1. The fourth-order valence-corrected chi connectivity index (χ4v) is 3.59. The first-order valence-electron chi connectivity index (χ1n) is 8.73. The van der Waals surface area contributed by atoms with Gasteiger partial charge in [-0.15, -0.1) is 0 Å². The third-order valence-corrected chi connectivity index (χ3v) is 4.94. The van der Waals surface area contributed by atoms with E-state index in [1.807, 2.05) is 35.0 Å². The molecule has 0 aliphatic heterocycles. The van der Waals surface area contributed by atoms with Gasteiger partial charge in [-0.05, 0) is 60.2 Å². The number of amides is 1. The molecule has 0 bridgehead atoms. The number of aryl methyl sites for hydroxylation is 2. The van der Waals surface area contributed by atoms with Gasteiger partial charge in [0.25, 0.3) is 0 Å². The van der Waals surface area contributed by atoms with Crippen molar-refractivity contribution in [3.8, 4) is 5.75 Å². The van der Waals surface area contributed by atoms with Gasteiger partial charge < -0.3 is 14.6 Å². The van der Waals surface area contributed by atoms with Crippen molar-refractivity contribution in [3.05, 3.63) is 65.4 Å². The number of rotatable bonds is 5. The lowest BCUT2D eigenvalue weighted by molar-refractivity contribution is -0.121. The van der Waals surface area contributed by atoms with Crippen molar-refractivity contribution in [2.45, 2.75) is 32.4 Å². The van der Waals surface area contributed by atoms with E-state index >= 15 is 0 Å². The Morgan fingerprint density at radius 1 is 1.12 bits per heavy atom. The molecule has 0 fully saturated rings. The molecule has 1 heterocycles. The second kappa shape index (κ2) is 6.63. The van der Waals surface area contributed by atoms with Crippen LogP contribution in [0.15, 0.2) is 48.7 Å². The topological polar surface area (TPSA) is 43.3 Å². The summed E-state index contributed by atoms with van der Waals surface area (Å²) in [7, 11) is 1.66. The fraction of sp³-hybridized carbons (Fsp3) is 0.286. The molecule has 25 heavy (non-hydrogen) atoms. The van der Waals surface area contributed by atoms with Crippen LogP contribution in [0.1, 0.15) is 23.1 Å². The summed E-state index contributed by atoms with van der Waals surface area (Å²) >= 11 is 0. The molecule has 0 radical (unpaired) electrons. The molecule has 0 saturated carbocycles. The highest BCUT2D eigenvalue weighted by atomic mass is 16.5. The summed E-state index contributed by atoms with van der Waals surface area (Å²) in [5, 5.41) is 4.11. The van der Waals surface area contributed by atoms with Gasteiger partial charge in [-0.1, -0.05) is 18.2 Å². The van der Waals surface area contributed by atoms with Crippen LogP contribution < -0.4 is 10.1 Å². The Morgan fingerprint density at radius 3 is 2.88 bits per heavy atom. The van der Waals surface area contributed by atoms with Crippen LogP contribution >= 0.6 is 0 Å². The number of nitrogens with one attached hydrogen (secondary N) is 1. The second-order valence-corrected chi connectivity index (χ2v) is 6.60. The van der Waals surface area contributed by atoms with Crippen molar-refractivity contribution >= 4 is 16.8 Å². The normalized spacial score (nSPS) is 13.0. The van der Waals surface area contributed by atoms with E-state index in [0.717, 1.165) is 23.1 Å². The van der Waals surface area contributed by atoms with Crippen LogP contribution in [0.25, 0.3) is 10.9 Å². The quantitative estimate of drug-likeness (QED) is 0.776. The molecular formula is C21H22N2O2. The van der Waals surface area contributed by atoms with E-state index in [1.165, 1.54) is 29.5 Å². The first-order valence-corrected chi connectivity index (χ1v) is 8.73. The largest absolute Gasteiger partial charge is 0.497 e. The van der Waals surface area contributed by atoms with Crippen LogP contribution in [0.5, 0.6) is 5.75 Å². The molecule has 4 heteroatoms. The van der Waals surface area contributed by atoms with Gasteiger partial charge in [-0.25, -0.2) is 0 Å². The van der Waals surface area contributed by atoms with Crippen molar-refractivity contribution in [1.82, 2.24) is 9.88 Å². The predicted molar refractivity (Wildman–Crippen MR) is 98.8 cm³/mol. The van der Waals surface area contributed by atoms with E-state index in [2.05, 4.69) is 23.5 Å². The van der Waals surface area contributed by atoms with Crippen molar-refractivity contribution in [2.24, 2.45) is 0 Å². The molecule has 4 nitrogen and oxygen atoms in total. The van der Waals surface area contributed by atoms with Crippen LogP contribution in [0.3, 0.4) is 0 Å². The highest BCUT2D eigenvalue weighted by molar-refractivity contribution is 5.84. The Balaban J connectivity index is 1.40. The monoisotopic (exact) mass is 334 g/mol. The van der Waals surface area contributed by atoms with E-state index in [9.17, 15) is 4.79 Å². The Labute approximate surface area is 147 Å². The van der Waals surface area contributed by atoms with E-state index in [4.69, 9.17) is 4.74 Å². The zero-order valence-corrected chi connectivity index (χ0v) is 14.4. The third-order valence-electron chi connectivity index (χ3n) is 4.94. The van der Waals surface area contributed by atoms with Crippen LogP contribution in [-0.2, 0) is 30.7 Å². The van der Waals surface area contributed by atoms with Crippen molar-refractivity contribution in [3.63, 3.8) is 0 Å². The second-order valence-electron chi connectivity index (χ2n) is 6.60.